The lowest BCUT2D eigenvalue weighted by atomic mass is 10.1. The lowest BCUT2D eigenvalue weighted by molar-refractivity contribution is 0.0651. The molecule has 39 heavy (non-hydrogen) atoms. The van der Waals surface area contributed by atoms with E-state index in [1.165, 1.54) is 128 Å². The van der Waals surface area contributed by atoms with E-state index in [0.29, 0.717) is 0 Å². The number of hydrogen-bond donors (Lipinski definition) is 3. The van der Waals surface area contributed by atoms with Gasteiger partial charge in [0.2, 0.25) is 0 Å². The summed E-state index contributed by atoms with van der Waals surface area (Å²) in [5.74, 6) is -2.58. The van der Waals surface area contributed by atoms with Crippen LogP contribution < -0.4 is 5.73 Å². The molecule has 0 radical (unpaired) electrons. The monoisotopic (exact) mass is 551 g/mol. The minimum atomic E-state index is -1.30. The van der Waals surface area contributed by atoms with Crippen molar-refractivity contribution in [2.75, 3.05) is 45.0 Å². The van der Waals surface area contributed by atoms with Crippen molar-refractivity contribution >= 4 is 17.6 Å². The minimum absolute atomic E-state index is 0.224. The average molecular weight is 552 g/mol. The fourth-order valence-corrected chi connectivity index (χ4v) is 3.89. The number of carbonyl (C=O) groups is 2. The van der Waals surface area contributed by atoms with Crippen LogP contribution in [0.2, 0.25) is 0 Å². The first kappa shape index (κ1) is 39.0. The lowest BCUT2D eigenvalue weighted by Crippen LogP contribution is -2.27. The van der Waals surface area contributed by atoms with Crippen LogP contribution in [0.4, 0.5) is 5.69 Å². The van der Waals surface area contributed by atoms with Crippen LogP contribution in [-0.2, 0) is 0 Å². The van der Waals surface area contributed by atoms with Gasteiger partial charge in [0.05, 0.1) is 11.1 Å². The summed E-state index contributed by atoms with van der Waals surface area (Å²) >= 11 is 0. The molecular weight excluding hydrogens is 490 g/mol. The molecule has 0 heterocycles. The van der Waals surface area contributed by atoms with Crippen molar-refractivity contribution in [2.45, 2.75) is 119 Å². The molecule has 0 saturated carbocycles. The minimum Gasteiger partial charge on any atom is -0.478 e. The van der Waals surface area contributed by atoms with Gasteiger partial charge in [-0.15, -0.1) is 0 Å². The van der Waals surface area contributed by atoms with Crippen LogP contribution in [-0.4, -0.2) is 71.2 Å². The Bertz CT molecular complexity index is 665. The Morgan fingerprint density at radius 2 is 0.846 bits per heavy atom. The molecule has 1 rings (SSSR count). The first-order valence-electron chi connectivity index (χ1n) is 15.5. The fraction of sp³-hybridized carbons (Fsp3) is 0.750. The number of nitrogens with zero attached hydrogens (tertiary/aromatic N) is 2. The van der Waals surface area contributed by atoms with E-state index in [9.17, 15) is 9.59 Å². The molecule has 0 amide bonds. The average Bonchev–Trinajstić information content (AvgIpc) is 2.92. The first-order valence-corrected chi connectivity index (χ1v) is 15.5. The van der Waals surface area contributed by atoms with Gasteiger partial charge in [0.15, 0.2) is 0 Å². The standard InChI is InChI=1S/2C12H27N.C8H7NO4/c2*1-4-7-10-13(11-8-5-2)12-9-6-3;9-4-1-2-5(7(10)11)6(3-4)8(12)13/h2*4-12H2,1-3H3;1-3H,9H2,(H,10,11)(H,12,13). The van der Waals surface area contributed by atoms with E-state index in [1.54, 1.807) is 0 Å². The van der Waals surface area contributed by atoms with Gasteiger partial charge in [-0.05, 0) is 96.0 Å². The third-order valence-electron chi connectivity index (χ3n) is 6.47. The smallest absolute Gasteiger partial charge is 0.336 e. The third-order valence-corrected chi connectivity index (χ3v) is 6.47. The second kappa shape index (κ2) is 27.4. The molecule has 0 aliphatic carbocycles. The molecule has 0 bridgehead atoms. The van der Waals surface area contributed by atoms with Gasteiger partial charge in [0, 0.05) is 5.69 Å². The Kier molecular flexibility index (Phi) is 27.5. The van der Waals surface area contributed by atoms with Gasteiger partial charge in [-0.3, -0.25) is 0 Å². The highest BCUT2D eigenvalue weighted by Gasteiger charge is 2.15. The molecule has 1 aromatic carbocycles. The van der Waals surface area contributed by atoms with Crippen molar-refractivity contribution in [3.05, 3.63) is 29.3 Å². The summed E-state index contributed by atoms with van der Waals surface area (Å²) in [7, 11) is 0. The van der Waals surface area contributed by atoms with Gasteiger partial charge in [-0.2, -0.15) is 0 Å². The number of rotatable bonds is 20. The molecule has 0 unspecified atom stereocenters. The van der Waals surface area contributed by atoms with Crippen molar-refractivity contribution in [2.24, 2.45) is 0 Å². The summed E-state index contributed by atoms with van der Waals surface area (Å²) in [6, 6.07) is 3.63. The van der Waals surface area contributed by atoms with Crippen molar-refractivity contribution in [3.8, 4) is 0 Å². The summed E-state index contributed by atoms with van der Waals surface area (Å²) in [4.78, 5) is 26.4. The summed E-state index contributed by atoms with van der Waals surface area (Å²) in [5.41, 5.74) is 4.97. The maximum Gasteiger partial charge on any atom is 0.336 e. The number of anilines is 1. The highest BCUT2D eigenvalue weighted by Crippen LogP contribution is 2.13. The predicted molar refractivity (Wildman–Crippen MR) is 167 cm³/mol. The van der Waals surface area contributed by atoms with Gasteiger partial charge < -0.3 is 25.7 Å². The molecule has 0 aromatic heterocycles. The van der Waals surface area contributed by atoms with Crippen molar-refractivity contribution in [1.29, 1.82) is 0 Å². The van der Waals surface area contributed by atoms with Gasteiger partial charge in [-0.1, -0.05) is 80.1 Å². The Balaban J connectivity index is 0. The number of aromatic carboxylic acids is 2. The largest absolute Gasteiger partial charge is 0.478 e. The lowest BCUT2D eigenvalue weighted by Gasteiger charge is -2.21. The van der Waals surface area contributed by atoms with E-state index in [-0.39, 0.29) is 16.8 Å². The maximum absolute atomic E-state index is 10.6. The van der Waals surface area contributed by atoms with Gasteiger partial charge in [-0.25, -0.2) is 9.59 Å². The molecule has 0 aliphatic rings. The van der Waals surface area contributed by atoms with Gasteiger partial charge in [0.25, 0.3) is 0 Å². The number of carboxylic acid groups (broad SMARTS) is 2. The fourth-order valence-electron chi connectivity index (χ4n) is 3.89. The van der Waals surface area contributed by atoms with E-state index in [1.807, 2.05) is 0 Å². The van der Waals surface area contributed by atoms with Gasteiger partial charge >= 0.3 is 11.9 Å². The molecule has 7 heteroatoms. The zero-order valence-corrected chi connectivity index (χ0v) is 26.1. The molecule has 1 aromatic rings. The molecule has 0 atom stereocenters. The quantitative estimate of drug-likeness (QED) is 0.141. The summed E-state index contributed by atoms with van der Waals surface area (Å²) in [6.45, 7) is 21.5. The summed E-state index contributed by atoms with van der Waals surface area (Å²) < 4.78 is 0. The molecule has 7 nitrogen and oxygen atoms in total. The summed E-state index contributed by atoms with van der Waals surface area (Å²) in [6.07, 6.45) is 16.2. The molecular formula is C32H61N3O4. The molecule has 4 N–H and O–H groups in total. The molecule has 0 fully saturated rings. The topological polar surface area (TPSA) is 107 Å². The molecule has 0 spiro atoms. The van der Waals surface area contributed by atoms with Crippen molar-refractivity contribution < 1.29 is 19.8 Å². The number of hydrogen-bond acceptors (Lipinski definition) is 5. The molecule has 228 valence electrons. The summed E-state index contributed by atoms with van der Waals surface area (Å²) in [5, 5.41) is 17.2. The number of carboxylic acids is 2. The Morgan fingerprint density at radius 1 is 0.564 bits per heavy atom. The molecule has 0 saturated heterocycles. The predicted octanol–water partition coefficient (Wildman–Crippen LogP) is 8.04. The van der Waals surface area contributed by atoms with Crippen LogP contribution in [0, 0.1) is 0 Å². The van der Waals surface area contributed by atoms with Crippen LogP contribution >= 0.6 is 0 Å². The van der Waals surface area contributed by atoms with E-state index in [2.05, 4.69) is 51.3 Å². The Hall–Kier alpha value is -2.12. The van der Waals surface area contributed by atoms with E-state index in [0.717, 1.165) is 6.07 Å². The van der Waals surface area contributed by atoms with Crippen LogP contribution in [0.15, 0.2) is 18.2 Å². The number of nitrogens with two attached hydrogens (primary N) is 1. The van der Waals surface area contributed by atoms with Crippen LogP contribution in [0.25, 0.3) is 0 Å². The second-order valence-corrected chi connectivity index (χ2v) is 10.2. The van der Waals surface area contributed by atoms with Crippen LogP contribution in [0.5, 0.6) is 0 Å². The first-order chi connectivity index (χ1) is 18.7. The number of benzene rings is 1. The van der Waals surface area contributed by atoms with E-state index >= 15 is 0 Å². The zero-order chi connectivity index (χ0) is 29.9. The Morgan fingerprint density at radius 3 is 1.08 bits per heavy atom. The van der Waals surface area contributed by atoms with E-state index < -0.39 is 11.9 Å². The normalized spacial score (nSPS) is 10.6. The third kappa shape index (κ3) is 22.4. The highest BCUT2D eigenvalue weighted by molar-refractivity contribution is 6.02. The second-order valence-electron chi connectivity index (χ2n) is 10.2. The van der Waals surface area contributed by atoms with Crippen molar-refractivity contribution in [3.63, 3.8) is 0 Å². The van der Waals surface area contributed by atoms with Crippen LogP contribution in [0.1, 0.15) is 139 Å². The van der Waals surface area contributed by atoms with Crippen LogP contribution in [0.3, 0.4) is 0 Å². The number of unbranched alkanes of at least 4 members (excludes halogenated alkanes) is 6. The van der Waals surface area contributed by atoms with E-state index in [4.69, 9.17) is 15.9 Å². The Labute approximate surface area is 240 Å². The number of nitrogen functional groups attached to an aromatic ring is 1. The zero-order valence-electron chi connectivity index (χ0n) is 26.1. The highest BCUT2D eigenvalue weighted by atomic mass is 16.4. The SMILES string of the molecule is CCCCN(CCCC)CCCC.CCCCN(CCCC)CCCC.Nc1ccc(C(=O)O)c(C(=O)O)c1. The maximum atomic E-state index is 10.6. The molecule has 0 aliphatic heterocycles. The van der Waals surface area contributed by atoms with Crippen molar-refractivity contribution in [1.82, 2.24) is 9.80 Å². The van der Waals surface area contributed by atoms with Gasteiger partial charge in [0.1, 0.15) is 0 Å².